The molecule has 1 unspecified atom stereocenters. The number of para-hydroxylation sites is 2. The summed E-state index contributed by atoms with van der Waals surface area (Å²) in [7, 11) is 5.06. The first kappa shape index (κ1) is 28.2. The number of anilines is 1. The highest BCUT2D eigenvalue weighted by atomic mass is 16.5. The lowest BCUT2D eigenvalue weighted by molar-refractivity contribution is 0.175. The van der Waals surface area contributed by atoms with E-state index in [1.807, 2.05) is 55.5 Å². The number of urea groups is 1. The van der Waals surface area contributed by atoms with Gasteiger partial charge >= 0.3 is 6.03 Å². The van der Waals surface area contributed by atoms with Crippen LogP contribution in [0.1, 0.15) is 34.8 Å². The molecule has 2 N–H and O–H groups in total. The monoisotopic (exact) mass is 554 g/mol. The first-order valence-electron chi connectivity index (χ1n) is 14.0. The van der Waals surface area contributed by atoms with Gasteiger partial charge in [0, 0.05) is 36.8 Å². The molecule has 2 heterocycles. The maximum atomic E-state index is 12.9. The molecule has 41 heavy (non-hydrogen) atoms. The molecule has 0 fully saturated rings. The summed E-state index contributed by atoms with van der Waals surface area (Å²) >= 11 is 0. The molecule has 1 aliphatic rings. The van der Waals surface area contributed by atoms with Crippen molar-refractivity contribution in [3.63, 3.8) is 0 Å². The molecule has 8 nitrogen and oxygen atoms in total. The fourth-order valence-electron chi connectivity index (χ4n) is 5.78. The number of pyridine rings is 1. The number of amides is 2. The molecule has 214 valence electrons. The Labute approximate surface area is 241 Å². The van der Waals surface area contributed by atoms with Gasteiger partial charge < -0.3 is 24.8 Å². The van der Waals surface area contributed by atoms with E-state index < -0.39 is 0 Å². The average Bonchev–Trinajstić information content (AvgIpc) is 2.99. The molecule has 3 aromatic carbocycles. The van der Waals surface area contributed by atoms with Crippen molar-refractivity contribution in [2.75, 3.05) is 46.3 Å². The predicted molar refractivity (Wildman–Crippen MR) is 162 cm³/mol. The van der Waals surface area contributed by atoms with Gasteiger partial charge in [-0.2, -0.15) is 0 Å². The number of hydrogen-bond donors (Lipinski definition) is 2. The molecule has 1 atom stereocenters. The fourth-order valence-corrected chi connectivity index (χ4v) is 5.78. The molecule has 0 saturated heterocycles. The minimum absolute atomic E-state index is 0.153. The third-order valence-electron chi connectivity index (χ3n) is 7.77. The van der Waals surface area contributed by atoms with Crippen LogP contribution in [0, 0.1) is 6.92 Å². The molecular formula is C33H38N4O4. The first-order valence-corrected chi connectivity index (χ1v) is 14.0. The summed E-state index contributed by atoms with van der Waals surface area (Å²) in [5, 5.41) is 7.01. The average molecular weight is 555 g/mol. The molecule has 0 spiro atoms. The van der Waals surface area contributed by atoms with Crippen LogP contribution < -0.4 is 24.8 Å². The van der Waals surface area contributed by atoms with Crippen LogP contribution in [-0.2, 0) is 12.8 Å². The number of nitrogens with zero attached hydrogens (tertiary/aromatic N) is 2. The van der Waals surface area contributed by atoms with Gasteiger partial charge in [0.05, 0.1) is 32.5 Å². The van der Waals surface area contributed by atoms with Gasteiger partial charge in [0.15, 0.2) is 11.5 Å². The van der Waals surface area contributed by atoms with E-state index in [1.54, 1.807) is 21.3 Å². The number of aryl methyl sites for hydroxylation is 2. The van der Waals surface area contributed by atoms with Crippen LogP contribution in [-0.4, -0.2) is 56.9 Å². The van der Waals surface area contributed by atoms with Crippen molar-refractivity contribution < 1.29 is 19.0 Å². The molecule has 0 aliphatic carbocycles. The molecule has 5 rings (SSSR count). The van der Waals surface area contributed by atoms with Crippen LogP contribution in [0.4, 0.5) is 10.5 Å². The zero-order valence-electron chi connectivity index (χ0n) is 24.2. The second-order valence-electron chi connectivity index (χ2n) is 10.3. The molecule has 4 aromatic rings. The van der Waals surface area contributed by atoms with E-state index in [4.69, 9.17) is 14.2 Å². The number of carbonyl (C=O) groups is 1. The lowest BCUT2D eigenvalue weighted by atomic mass is 9.88. The zero-order valence-corrected chi connectivity index (χ0v) is 24.2. The van der Waals surface area contributed by atoms with Gasteiger partial charge in [0.1, 0.15) is 5.75 Å². The van der Waals surface area contributed by atoms with Crippen LogP contribution >= 0.6 is 0 Å². The zero-order chi connectivity index (χ0) is 28.8. The summed E-state index contributed by atoms with van der Waals surface area (Å²) in [6.45, 7) is 4.05. The minimum atomic E-state index is -0.227. The van der Waals surface area contributed by atoms with E-state index in [2.05, 4.69) is 38.7 Å². The molecule has 0 saturated carbocycles. The van der Waals surface area contributed by atoms with Gasteiger partial charge in [0.25, 0.3) is 0 Å². The number of methoxy groups -OCH3 is 3. The van der Waals surface area contributed by atoms with E-state index >= 15 is 0 Å². The van der Waals surface area contributed by atoms with Gasteiger partial charge in [-0.1, -0.05) is 36.4 Å². The maximum Gasteiger partial charge on any atom is 0.319 e. The quantitative estimate of drug-likeness (QED) is 0.253. The van der Waals surface area contributed by atoms with E-state index in [9.17, 15) is 4.79 Å². The Balaban J connectivity index is 1.30. The Morgan fingerprint density at radius 1 is 0.951 bits per heavy atom. The molecular weight excluding hydrogens is 516 g/mol. The number of fused-ring (bicyclic) bond motifs is 2. The number of aromatic nitrogens is 1. The third kappa shape index (κ3) is 6.38. The van der Waals surface area contributed by atoms with Crippen molar-refractivity contribution in [2.45, 2.75) is 32.2 Å². The predicted octanol–water partition coefficient (Wildman–Crippen LogP) is 5.92. The Kier molecular flexibility index (Phi) is 8.89. The van der Waals surface area contributed by atoms with Gasteiger partial charge in [-0.25, -0.2) is 4.79 Å². The second-order valence-corrected chi connectivity index (χ2v) is 10.3. The Bertz CT molecular complexity index is 1520. The Hall–Kier alpha value is -4.30. The molecule has 1 aromatic heterocycles. The molecule has 0 bridgehead atoms. The normalized spacial score (nSPS) is 14.8. The summed E-state index contributed by atoms with van der Waals surface area (Å²) < 4.78 is 16.9. The summed E-state index contributed by atoms with van der Waals surface area (Å²) in [6, 6.07) is 22.0. The maximum absolute atomic E-state index is 12.9. The van der Waals surface area contributed by atoms with Gasteiger partial charge in [-0.15, -0.1) is 0 Å². The Morgan fingerprint density at radius 3 is 2.49 bits per heavy atom. The number of nitrogens with one attached hydrogen (secondary N) is 2. The van der Waals surface area contributed by atoms with Crippen LogP contribution in [0.2, 0.25) is 0 Å². The molecule has 0 radical (unpaired) electrons. The minimum Gasteiger partial charge on any atom is -0.496 e. The topological polar surface area (TPSA) is 85.0 Å². The number of carbonyl (C=O) groups excluding carboxylic acids is 1. The first-order chi connectivity index (χ1) is 20.0. The van der Waals surface area contributed by atoms with E-state index in [0.29, 0.717) is 13.1 Å². The van der Waals surface area contributed by atoms with Gasteiger partial charge in [0.2, 0.25) is 0 Å². The Morgan fingerprint density at radius 2 is 1.68 bits per heavy atom. The number of hydrogen-bond acceptors (Lipinski definition) is 6. The van der Waals surface area contributed by atoms with Crippen LogP contribution in [0.5, 0.6) is 17.2 Å². The van der Waals surface area contributed by atoms with Crippen LogP contribution in [0.25, 0.3) is 10.9 Å². The molecule has 1 aliphatic heterocycles. The summed E-state index contributed by atoms with van der Waals surface area (Å²) in [5.41, 5.74) is 6.17. The van der Waals surface area contributed by atoms with Crippen molar-refractivity contribution in [3.8, 4) is 17.2 Å². The summed E-state index contributed by atoms with van der Waals surface area (Å²) in [5.74, 6) is 2.38. The van der Waals surface area contributed by atoms with Gasteiger partial charge in [-0.05, 0) is 73.2 Å². The van der Waals surface area contributed by atoms with Gasteiger partial charge in [-0.3, -0.25) is 9.88 Å². The van der Waals surface area contributed by atoms with Crippen LogP contribution in [0.3, 0.4) is 0 Å². The number of ether oxygens (including phenoxy) is 3. The van der Waals surface area contributed by atoms with Crippen LogP contribution in [0.15, 0.2) is 66.7 Å². The van der Waals surface area contributed by atoms with Crippen molar-refractivity contribution in [2.24, 2.45) is 0 Å². The van der Waals surface area contributed by atoms with Crippen molar-refractivity contribution >= 4 is 22.6 Å². The SMILES string of the molecule is COc1ccccc1CCC1c2cc(OC)c(OC)cc2CCN1CCNC(=O)Nc1cc(C)nc2ccccc12. The highest BCUT2D eigenvalue weighted by molar-refractivity contribution is 6.00. The smallest absolute Gasteiger partial charge is 0.319 e. The van der Waals surface area contributed by atoms with E-state index in [-0.39, 0.29) is 12.1 Å². The molecule has 8 heteroatoms. The fraction of sp³-hybridized carbons (Fsp3) is 0.333. The molecule has 2 amide bonds. The van der Waals surface area contributed by atoms with Crippen molar-refractivity contribution in [1.82, 2.24) is 15.2 Å². The third-order valence-corrected chi connectivity index (χ3v) is 7.77. The standard InChI is InChI=1S/C33H38N4O4/c1-22-19-28(25-10-6-7-11-27(25)35-22)36-33(38)34-16-18-37-17-15-24-20-31(40-3)32(41-4)21-26(24)29(37)14-13-23-9-5-8-12-30(23)39-2/h5-12,19-21,29H,13-18H2,1-4H3,(H2,34,35,36,38). The van der Waals surface area contributed by atoms with E-state index in [1.165, 1.54) is 16.7 Å². The highest BCUT2D eigenvalue weighted by Gasteiger charge is 2.29. The summed E-state index contributed by atoms with van der Waals surface area (Å²) in [6.07, 6.45) is 2.66. The second kappa shape index (κ2) is 12.9. The lowest BCUT2D eigenvalue weighted by Gasteiger charge is -2.38. The summed E-state index contributed by atoms with van der Waals surface area (Å²) in [4.78, 5) is 19.9. The van der Waals surface area contributed by atoms with E-state index in [0.717, 1.165) is 65.3 Å². The largest absolute Gasteiger partial charge is 0.496 e. The van der Waals surface area contributed by atoms with Crippen molar-refractivity contribution in [1.29, 1.82) is 0 Å². The van der Waals surface area contributed by atoms with Crippen molar-refractivity contribution in [3.05, 3.63) is 89.1 Å². The highest BCUT2D eigenvalue weighted by Crippen LogP contribution is 2.40. The lowest BCUT2D eigenvalue weighted by Crippen LogP contribution is -2.42. The number of rotatable bonds is 10. The number of benzene rings is 3.